The molecule has 2 heterocycles. The zero-order chi connectivity index (χ0) is 13.7. The third kappa shape index (κ3) is 4.26. The van der Waals surface area contributed by atoms with E-state index in [0.29, 0.717) is 24.5 Å². The fourth-order valence-electron chi connectivity index (χ4n) is 2.11. The molecule has 1 unspecified atom stereocenters. The molecule has 19 heavy (non-hydrogen) atoms. The third-order valence-electron chi connectivity index (χ3n) is 3.10. The molecule has 1 aliphatic heterocycles. The molecule has 4 nitrogen and oxygen atoms in total. The maximum absolute atomic E-state index is 12.4. The summed E-state index contributed by atoms with van der Waals surface area (Å²) in [6.45, 7) is 1.98. The molecule has 6 heteroatoms. The average Bonchev–Trinajstić information content (AvgIpc) is 3.06. The van der Waals surface area contributed by atoms with Crippen molar-refractivity contribution in [2.24, 2.45) is 5.73 Å². The first-order valence-electron chi connectivity index (χ1n) is 6.39. The summed E-state index contributed by atoms with van der Waals surface area (Å²) in [4.78, 5) is 15.4. The number of nitrogens with zero attached hydrogens (tertiary/aromatic N) is 1. The molecule has 0 saturated carbocycles. The van der Waals surface area contributed by atoms with Gasteiger partial charge in [-0.15, -0.1) is 11.3 Å². The van der Waals surface area contributed by atoms with Gasteiger partial charge in [0.1, 0.15) is 0 Å². The fraction of sp³-hybridized carbons (Fsp3) is 0.538. The van der Waals surface area contributed by atoms with E-state index in [1.807, 2.05) is 17.5 Å². The van der Waals surface area contributed by atoms with Gasteiger partial charge >= 0.3 is 0 Å². The Kier molecular flexibility index (Phi) is 5.30. The van der Waals surface area contributed by atoms with Crippen LogP contribution in [0.2, 0.25) is 0 Å². The Balaban J connectivity index is 1.99. The van der Waals surface area contributed by atoms with E-state index < -0.39 is 0 Å². The summed E-state index contributed by atoms with van der Waals surface area (Å²) < 4.78 is 5.60. The summed E-state index contributed by atoms with van der Waals surface area (Å²) in [6, 6.07) is 3.73. The molecule has 1 aromatic heterocycles. The Morgan fingerprint density at radius 1 is 1.63 bits per heavy atom. The number of carbonyl (C=O) groups is 1. The molecule has 104 valence electrons. The minimum absolute atomic E-state index is 0.0433. The number of rotatable bonds is 6. The van der Waals surface area contributed by atoms with E-state index in [0.717, 1.165) is 24.3 Å². The largest absolute Gasteiger partial charge is 0.393 e. The van der Waals surface area contributed by atoms with E-state index in [-0.39, 0.29) is 12.0 Å². The van der Waals surface area contributed by atoms with E-state index in [9.17, 15) is 4.79 Å². The van der Waals surface area contributed by atoms with Crippen molar-refractivity contribution in [1.29, 1.82) is 0 Å². The summed E-state index contributed by atoms with van der Waals surface area (Å²) >= 11 is 6.35. The molecule has 1 aliphatic rings. The lowest BCUT2D eigenvalue weighted by molar-refractivity contribution is 0.0536. The van der Waals surface area contributed by atoms with Crippen LogP contribution >= 0.6 is 23.6 Å². The van der Waals surface area contributed by atoms with Crippen molar-refractivity contribution in [3.05, 3.63) is 22.4 Å². The monoisotopic (exact) mass is 298 g/mol. The summed E-state index contributed by atoms with van der Waals surface area (Å²) in [5.41, 5.74) is 5.53. The van der Waals surface area contributed by atoms with E-state index >= 15 is 0 Å². The molecule has 2 N–H and O–H groups in total. The number of thiocarbonyl (C=S) groups is 1. The highest BCUT2D eigenvalue weighted by Crippen LogP contribution is 2.17. The molecular formula is C13H18N2O2S2. The third-order valence-corrected chi connectivity index (χ3v) is 4.16. The van der Waals surface area contributed by atoms with E-state index in [1.165, 1.54) is 11.3 Å². The molecule has 1 amide bonds. The number of nitrogens with two attached hydrogens (primary N) is 1. The fourth-order valence-corrected chi connectivity index (χ4v) is 2.89. The molecule has 0 spiro atoms. The lowest BCUT2D eigenvalue weighted by Gasteiger charge is -2.24. The molecule has 0 bridgehead atoms. The van der Waals surface area contributed by atoms with Gasteiger partial charge in [0.15, 0.2) is 0 Å². The molecule has 0 aliphatic carbocycles. The molecular weight excluding hydrogens is 280 g/mol. The van der Waals surface area contributed by atoms with Gasteiger partial charge in [-0.05, 0) is 24.3 Å². The molecule has 1 aromatic rings. The number of carbonyl (C=O) groups excluding carboxylic acids is 1. The number of amides is 1. The first-order valence-corrected chi connectivity index (χ1v) is 7.68. The Morgan fingerprint density at radius 2 is 2.47 bits per heavy atom. The quantitative estimate of drug-likeness (QED) is 0.817. The zero-order valence-corrected chi connectivity index (χ0v) is 12.3. The van der Waals surface area contributed by atoms with Crippen LogP contribution in [0.15, 0.2) is 17.5 Å². The van der Waals surface area contributed by atoms with Crippen molar-refractivity contribution < 1.29 is 9.53 Å². The second kappa shape index (κ2) is 6.98. The minimum atomic E-state index is 0.0433. The second-order valence-electron chi connectivity index (χ2n) is 4.58. The van der Waals surface area contributed by atoms with Gasteiger partial charge in [0, 0.05) is 26.1 Å². The van der Waals surface area contributed by atoms with Gasteiger partial charge in [-0.1, -0.05) is 18.3 Å². The first-order chi connectivity index (χ1) is 9.16. The normalized spacial score (nSPS) is 18.4. The van der Waals surface area contributed by atoms with Crippen molar-refractivity contribution in [2.45, 2.75) is 25.4 Å². The topological polar surface area (TPSA) is 55.6 Å². The molecule has 1 fully saturated rings. The SMILES string of the molecule is NC(=S)CCN(CC1CCCO1)C(=O)c1cccs1. The maximum Gasteiger partial charge on any atom is 0.264 e. The summed E-state index contributed by atoms with van der Waals surface area (Å²) in [7, 11) is 0. The highest BCUT2D eigenvalue weighted by atomic mass is 32.1. The van der Waals surface area contributed by atoms with Gasteiger partial charge in [-0.25, -0.2) is 0 Å². The van der Waals surface area contributed by atoms with Crippen molar-refractivity contribution in [2.75, 3.05) is 19.7 Å². The predicted molar refractivity (Wildman–Crippen MR) is 80.6 cm³/mol. The summed E-state index contributed by atoms with van der Waals surface area (Å²) in [6.07, 6.45) is 2.79. The van der Waals surface area contributed by atoms with Crippen LogP contribution in [0.5, 0.6) is 0 Å². The summed E-state index contributed by atoms with van der Waals surface area (Å²) in [5, 5.41) is 1.91. The lowest BCUT2D eigenvalue weighted by Crippen LogP contribution is -2.38. The summed E-state index contributed by atoms with van der Waals surface area (Å²) in [5.74, 6) is 0.0433. The standard InChI is InChI=1S/C13H18N2O2S2/c14-12(18)5-6-15(9-10-3-1-7-17-10)13(16)11-4-2-8-19-11/h2,4,8,10H,1,3,5-7,9H2,(H2,14,18). The van der Waals surface area contributed by atoms with Crippen LogP contribution in [0.4, 0.5) is 0 Å². The van der Waals surface area contributed by atoms with Crippen molar-refractivity contribution in [1.82, 2.24) is 4.90 Å². The lowest BCUT2D eigenvalue weighted by atomic mass is 10.2. The van der Waals surface area contributed by atoms with Gasteiger partial charge < -0.3 is 15.4 Å². The molecule has 1 saturated heterocycles. The van der Waals surface area contributed by atoms with Gasteiger partial charge in [0.2, 0.25) is 0 Å². The van der Waals surface area contributed by atoms with Crippen molar-refractivity contribution in [3.63, 3.8) is 0 Å². The van der Waals surface area contributed by atoms with Crippen molar-refractivity contribution >= 4 is 34.5 Å². The van der Waals surface area contributed by atoms with E-state index in [1.54, 1.807) is 4.90 Å². The zero-order valence-electron chi connectivity index (χ0n) is 10.7. The molecule has 1 atom stereocenters. The van der Waals surface area contributed by atoms with Crippen LogP contribution < -0.4 is 5.73 Å². The van der Waals surface area contributed by atoms with Crippen LogP contribution in [0.25, 0.3) is 0 Å². The van der Waals surface area contributed by atoms with Gasteiger partial charge in [-0.2, -0.15) is 0 Å². The smallest absolute Gasteiger partial charge is 0.264 e. The van der Waals surface area contributed by atoms with Crippen LogP contribution in [-0.2, 0) is 4.74 Å². The minimum Gasteiger partial charge on any atom is -0.393 e. The number of thiophene rings is 1. The van der Waals surface area contributed by atoms with Crippen LogP contribution in [0, 0.1) is 0 Å². The van der Waals surface area contributed by atoms with E-state index in [4.69, 9.17) is 22.7 Å². The van der Waals surface area contributed by atoms with Crippen molar-refractivity contribution in [3.8, 4) is 0 Å². The molecule has 0 aromatic carbocycles. The Morgan fingerprint density at radius 3 is 3.05 bits per heavy atom. The Labute approximate surface area is 122 Å². The number of hydrogen-bond donors (Lipinski definition) is 1. The van der Waals surface area contributed by atoms with Gasteiger partial charge in [-0.3, -0.25) is 4.79 Å². The predicted octanol–water partition coefficient (Wildman–Crippen LogP) is 2.05. The highest BCUT2D eigenvalue weighted by molar-refractivity contribution is 7.80. The second-order valence-corrected chi connectivity index (χ2v) is 6.05. The highest BCUT2D eigenvalue weighted by Gasteiger charge is 2.23. The molecule has 0 radical (unpaired) electrons. The Bertz CT molecular complexity index is 428. The van der Waals surface area contributed by atoms with Gasteiger partial charge in [0.05, 0.1) is 16.0 Å². The van der Waals surface area contributed by atoms with Crippen LogP contribution in [-0.4, -0.2) is 41.6 Å². The van der Waals surface area contributed by atoms with E-state index in [2.05, 4.69) is 0 Å². The van der Waals surface area contributed by atoms with Crippen LogP contribution in [0.3, 0.4) is 0 Å². The average molecular weight is 298 g/mol. The molecule has 2 rings (SSSR count). The maximum atomic E-state index is 12.4. The number of ether oxygens (including phenoxy) is 1. The van der Waals surface area contributed by atoms with Crippen LogP contribution in [0.1, 0.15) is 28.9 Å². The Hall–Kier alpha value is -0.980. The number of hydrogen-bond acceptors (Lipinski definition) is 4. The van der Waals surface area contributed by atoms with Gasteiger partial charge in [0.25, 0.3) is 5.91 Å². The first kappa shape index (κ1) is 14.4.